The van der Waals surface area contributed by atoms with E-state index < -0.39 is 0 Å². The molecule has 1 aliphatic rings. The minimum Gasteiger partial charge on any atom is -0.439 e. The van der Waals surface area contributed by atoms with Crippen LogP contribution in [-0.4, -0.2) is 9.97 Å². The Morgan fingerprint density at radius 3 is 2.67 bits per heavy atom. The monoisotopic (exact) mass is 368 g/mol. The van der Waals surface area contributed by atoms with Crippen molar-refractivity contribution in [2.45, 2.75) is 18.8 Å². The SMILES string of the molecule is Brc1cccc(Oc2cc(Br)nc(C3CC3)n2)c1. The maximum Gasteiger partial charge on any atom is 0.223 e. The highest BCUT2D eigenvalue weighted by atomic mass is 79.9. The first-order valence-electron chi connectivity index (χ1n) is 5.68. The molecule has 92 valence electrons. The molecule has 5 heteroatoms. The van der Waals surface area contributed by atoms with Crippen LogP contribution < -0.4 is 4.74 Å². The summed E-state index contributed by atoms with van der Waals surface area (Å²) < 4.78 is 7.50. The van der Waals surface area contributed by atoms with Crippen molar-refractivity contribution in [1.29, 1.82) is 0 Å². The summed E-state index contributed by atoms with van der Waals surface area (Å²) in [6.07, 6.45) is 2.35. The molecular formula is C13H10Br2N2O. The highest BCUT2D eigenvalue weighted by Gasteiger charge is 2.27. The van der Waals surface area contributed by atoms with Crippen LogP contribution in [0.2, 0.25) is 0 Å². The minimum atomic E-state index is 0.507. The summed E-state index contributed by atoms with van der Waals surface area (Å²) in [5.74, 6) is 2.72. The second-order valence-corrected chi connectivity index (χ2v) is 5.95. The molecule has 18 heavy (non-hydrogen) atoms. The van der Waals surface area contributed by atoms with E-state index in [1.54, 1.807) is 6.07 Å². The summed E-state index contributed by atoms with van der Waals surface area (Å²) in [6, 6.07) is 9.48. The Bertz CT molecular complexity index is 585. The van der Waals surface area contributed by atoms with Crippen molar-refractivity contribution in [2.24, 2.45) is 0 Å². The third-order valence-electron chi connectivity index (χ3n) is 2.65. The molecule has 0 bridgehead atoms. The molecule has 1 heterocycles. The number of ether oxygens (including phenoxy) is 1. The van der Waals surface area contributed by atoms with E-state index in [9.17, 15) is 0 Å². The quantitative estimate of drug-likeness (QED) is 0.737. The van der Waals surface area contributed by atoms with E-state index in [0.717, 1.165) is 20.6 Å². The number of rotatable bonds is 3. The number of hydrogen-bond donors (Lipinski definition) is 0. The predicted molar refractivity (Wildman–Crippen MR) is 75.9 cm³/mol. The molecule has 1 aromatic carbocycles. The number of aromatic nitrogens is 2. The first-order chi connectivity index (χ1) is 8.70. The van der Waals surface area contributed by atoms with Gasteiger partial charge in [-0.25, -0.2) is 4.98 Å². The van der Waals surface area contributed by atoms with Gasteiger partial charge >= 0.3 is 0 Å². The molecule has 0 saturated heterocycles. The normalized spacial score (nSPS) is 14.6. The third kappa shape index (κ3) is 2.90. The number of hydrogen-bond acceptors (Lipinski definition) is 3. The molecule has 0 radical (unpaired) electrons. The van der Waals surface area contributed by atoms with Crippen LogP contribution in [0.25, 0.3) is 0 Å². The molecule has 2 aromatic rings. The van der Waals surface area contributed by atoms with Crippen LogP contribution in [-0.2, 0) is 0 Å². The number of halogens is 2. The van der Waals surface area contributed by atoms with Crippen molar-refractivity contribution in [3.05, 3.63) is 45.2 Å². The van der Waals surface area contributed by atoms with Gasteiger partial charge in [-0.2, -0.15) is 4.98 Å². The van der Waals surface area contributed by atoms with Gasteiger partial charge in [-0.1, -0.05) is 22.0 Å². The van der Waals surface area contributed by atoms with E-state index in [1.807, 2.05) is 24.3 Å². The van der Waals surface area contributed by atoms with Crippen molar-refractivity contribution < 1.29 is 4.74 Å². The van der Waals surface area contributed by atoms with Gasteiger partial charge in [-0.3, -0.25) is 0 Å². The van der Waals surface area contributed by atoms with E-state index in [2.05, 4.69) is 41.8 Å². The van der Waals surface area contributed by atoms with Crippen molar-refractivity contribution in [3.63, 3.8) is 0 Å². The van der Waals surface area contributed by atoms with Crippen molar-refractivity contribution >= 4 is 31.9 Å². The minimum absolute atomic E-state index is 0.507. The van der Waals surface area contributed by atoms with E-state index in [0.29, 0.717) is 11.8 Å². The van der Waals surface area contributed by atoms with E-state index in [1.165, 1.54) is 12.8 Å². The fourth-order valence-electron chi connectivity index (χ4n) is 1.64. The molecule has 0 amide bonds. The summed E-state index contributed by atoms with van der Waals surface area (Å²) in [4.78, 5) is 8.81. The Hall–Kier alpha value is -0.940. The van der Waals surface area contributed by atoms with Crippen LogP contribution in [0.4, 0.5) is 0 Å². The molecule has 1 fully saturated rings. The standard InChI is InChI=1S/C13H10Br2N2O/c14-9-2-1-3-10(6-9)18-12-7-11(15)16-13(17-12)8-4-5-8/h1-3,6-8H,4-5H2. The molecule has 3 nitrogen and oxygen atoms in total. The predicted octanol–water partition coefficient (Wildman–Crippen LogP) is 4.67. The zero-order valence-electron chi connectivity index (χ0n) is 9.44. The first kappa shape index (κ1) is 12.1. The van der Waals surface area contributed by atoms with Gasteiger partial charge in [0.15, 0.2) is 0 Å². The average Bonchev–Trinajstić information content (AvgIpc) is 3.11. The zero-order valence-corrected chi connectivity index (χ0v) is 12.6. The Balaban J connectivity index is 1.87. The Morgan fingerprint density at radius 2 is 1.94 bits per heavy atom. The van der Waals surface area contributed by atoms with Gasteiger partial charge in [0.1, 0.15) is 16.2 Å². The molecule has 0 spiro atoms. The Morgan fingerprint density at radius 1 is 1.11 bits per heavy atom. The smallest absolute Gasteiger partial charge is 0.223 e. The summed E-state index contributed by atoms with van der Waals surface area (Å²) in [5, 5.41) is 0. The fraction of sp³-hybridized carbons (Fsp3) is 0.231. The first-order valence-corrected chi connectivity index (χ1v) is 7.27. The fourth-order valence-corrected chi connectivity index (χ4v) is 2.40. The molecule has 1 saturated carbocycles. The maximum atomic E-state index is 5.75. The summed E-state index contributed by atoms with van der Waals surface area (Å²) in [6.45, 7) is 0. The van der Waals surface area contributed by atoms with Gasteiger partial charge in [-0.05, 0) is 47.0 Å². The maximum absolute atomic E-state index is 5.75. The van der Waals surface area contributed by atoms with Gasteiger partial charge in [0.05, 0.1) is 0 Å². The molecule has 0 atom stereocenters. The van der Waals surface area contributed by atoms with Crippen LogP contribution in [0.3, 0.4) is 0 Å². The van der Waals surface area contributed by atoms with Crippen LogP contribution in [0.15, 0.2) is 39.4 Å². The lowest BCUT2D eigenvalue weighted by molar-refractivity contribution is 0.457. The van der Waals surface area contributed by atoms with Gasteiger partial charge < -0.3 is 4.74 Å². The van der Waals surface area contributed by atoms with Gasteiger partial charge in [0.2, 0.25) is 5.88 Å². The van der Waals surface area contributed by atoms with Gasteiger partial charge in [-0.15, -0.1) is 0 Å². The second kappa shape index (κ2) is 4.97. The molecule has 1 aromatic heterocycles. The molecule has 0 N–H and O–H groups in total. The zero-order chi connectivity index (χ0) is 12.5. The van der Waals surface area contributed by atoms with Crippen molar-refractivity contribution in [3.8, 4) is 11.6 Å². The van der Waals surface area contributed by atoms with Crippen LogP contribution >= 0.6 is 31.9 Å². The largest absolute Gasteiger partial charge is 0.439 e. The average molecular weight is 370 g/mol. The topological polar surface area (TPSA) is 35.0 Å². The summed E-state index contributed by atoms with van der Waals surface area (Å²) in [7, 11) is 0. The molecule has 0 unspecified atom stereocenters. The highest BCUT2D eigenvalue weighted by molar-refractivity contribution is 9.10. The van der Waals surface area contributed by atoms with E-state index in [4.69, 9.17) is 4.74 Å². The van der Waals surface area contributed by atoms with Crippen LogP contribution in [0.5, 0.6) is 11.6 Å². The lowest BCUT2D eigenvalue weighted by Gasteiger charge is -2.07. The van der Waals surface area contributed by atoms with Crippen LogP contribution in [0, 0.1) is 0 Å². The van der Waals surface area contributed by atoms with Crippen molar-refractivity contribution in [2.75, 3.05) is 0 Å². The Kier molecular flexibility index (Phi) is 3.35. The lowest BCUT2D eigenvalue weighted by Crippen LogP contribution is -1.96. The highest BCUT2D eigenvalue weighted by Crippen LogP contribution is 2.39. The third-order valence-corrected chi connectivity index (χ3v) is 3.55. The molecule has 3 rings (SSSR count). The van der Waals surface area contributed by atoms with Gasteiger partial charge in [0.25, 0.3) is 0 Å². The summed E-state index contributed by atoms with van der Waals surface area (Å²) in [5.41, 5.74) is 0. The Labute approximate surface area is 122 Å². The molecular weight excluding hydrogens is 360 g/mol. The number of benzene rings is 1. The van der Waals surface area contributed by atoms with Crippen LogP contribution in [0.1, 0.15) is 24.6 Å². The second-order valence-electron chi connectivity index (χ2n) is 4.22. The number of nitrogens with zero attached hydrogens (tertiary/aromatic N) is 2. The molecule has 1 aliphatic carbocycles. The molecule has 0 aliphatic heterocycles. The van der Waals surface area contributed by atoms with E-state index in [-0.39, 0.29) is 0 Å². The van der Waals surface area contributed by atoms with Crippen molar-refractivity contribution in [1.82, 2.24) is 9.97 Å². The summed E-state index contributed by atoms with van der Waals surface area (Å²) >= 11 is 6.81. The van der Waals surface area contributed by atoms with Gasteiger partial charge in [0, 0.05) is 16.5 Å². The lowest BCUT2D eigenvalue weighted by atomic mass is 10.3. The van der Waals surface area contributed by atoms with E-state index >= 15 is 0 Å².